The molecule has 0 unspecified atom stereocenters. The van der Waals surface area contributed by atoms with Crippen molar-refractivity contribution in [2.24, 2.45) is 10.9 Å². The van der Waals surface area contributed by atoms with Crippen molar-refractivity contribution in [3.05, 3.63) is 24.0 Å². The van der Waals surface area contributed by atoms with E-state index in [2.05, 4.69) is 15.2 Å². The fourth-order valence-corrected chi connectivity index (χ4v) is 3.44. The number of benzene rings is 1. The first kappa shape index (κ1) is 21.4. The number of nitrogens with zero attached hydrogens (tertiary/aromatic N) is 4. The molecule has 2 saturated heterocycles. The maximum absolute atomic E-state index is 14.8. The molecule has 3 rings (SSSR count). The Morgan fingerprint density at radius 3 is 2.77 bits per heavy atom. The highest BCUT2D eigenvalue weighted by Crippen LogP contribution is 2.28. The van der Waals surface area contributed by atoms with E-state index in [0.29, 0.717) is 44.1 Å². The van der Waals surface area contributed by atoms with Gasteiger partial charge in [0.05, 0.1) is 38.1 Å². The van der Waals surface area contributed by atoms with E-state index in [1.807, 2.05) is 9.80 Å². The van der Waals surface area contributed by atoms with Crippen molar-refractivity contribution < 1.29 is 28.7 Å². The lowest BCUT2D eigenvalue weighted by Gasteiger charge is -2.36. The largest absolute Gasteiger partial charge is 0.453 e. The van der Waals surface area contributed by atoms with Gasteiger partial charge in [-0.1, -0.05) is 5.16 Å². The molecule has 0 bridgehead atoms. The second-order valence-electron chi connectivity index (χ2n) is 6.98. The van der Waals surface area contributed by atoms with Gasteiger partial charge in [0.25, 0.3) is 0 Å². The first-order chi connectivity index (χ1) is 14.4. The number of oxime groups is 1. The van der Waals surface area contributed by atoms with Gasteiger partial charge in [-0.15, -0.1) is 0 Å². The number of piperazine rings is 1. The summed E-state index contributed by atoms with van der Waals surface area (Å²) in [6.45, 7) is 3.10. The molecular formula is C18H25FN6O5. The first-order valence-corrected chi connectivity index (χ1v) is 9.44. The lowest BCUT2D eigenvalue weighted by molar-refractivity contribution is 0.132. The molecule has 2 aliphatic heterocycles. The third kappa shape index (κ3) is 5.00. The van der Waals surface area contributed by atoms with Crippen LogP contribution < -0.4 is 20.9 Å². The van der Waals surface area contributed by atoms with Crippen molar-refractivity contribution in [3.63, 3.8) is 0 Å². The van der Waals surface area contributed by atoms with Crippen LogP contribution in [0.25, 0.3) is 0 Å². The van der Waals surface area contributed by atoms with Gasteiger partial charge < -0.3 is 30.6 Å². The van der Waals surface area contributed by atoms with Gasteiger partial charge in [0, 0.05) is 26.2 Å². The minimum atomic E-state index is -0.619. The van der Waals surface area contributed by atoms with Gasteiger partial charge in [-0.25, -0.2) is 14.0 Å². The standard InChI is InChI=1S/C18H25FN6O5/c1-29-17(26)21-9-13-10-25(18(27)30-13)12-2-3-15(14(19)8-12)24-6-4-23(5-7-24)11-16(20)22-28/h2-3,8,13,28H,4-7,9-11H2,1H3,(H2,20,22)(H,21,26)/t13-/m0/s1. The topological polar surface area (TPSA) is 133 Å². The van der Waals surface area contributed by atoms with Gasteiger partial charge in [0.2, 0.25) is 0 Å². The minimum Gasteiger partial charge on any atom is -0.453 e. The predicted molar refractivity (Wildman–Crippen MR) is 106 cm³/mol. The number of amidine groups is 1. The number of carbonyl (C=O) groups excluding carboxylic acids is 2. The molecule has 11 nitrogen and oxygen atoms in total. The van der Waals surface area contributed by atoms with Crippen LogP contribution in [0.1, 0.15) is 0 Å². The summed E-state index contributed by atoms with van der Waals surface area (Å²) < 4.78 is 24.5. The highest BCUT2D eigenvalue weighted by atomic mass is 19.1. The monoisotopic (exact) mass is 424 g/mol. The number of nitrogens with one attached hydrogen (secondary N) is 1. The van der Waals surface area contributed by atoms with Crippen molar-refractivity contribution in [1.29, 1.82) is 0 Å². The lowest BCUT2D eigenvalue weighted by atomic mass is 10.2. The number of cyclic esters (lactones) is 1. The van der Waals surface area contributed by atoms with E-state index >= 15 is 0 Å². The number of carbonyl (C=O) groups is 2. The summed E-state index contributed by atoms with van der Waals surface area (Å²) >= 11 is 0. The zero-order chi connectivity index (χ0) is 21.7. The summed E-state index contributed by atoms with van der Waals surface area (Å²) in [6, 6.07) is 4.60. The van der Waals surface area contributed by atoms with E-state index in [1.165, 1.54) is 18.1 Å². The Hall–Kier alpha value is -3.28. The summed E-state index contributed by atoms with van der Waals surface area (Å²) in [4.78, 5) is 28.5. The molecule has 1 aromatic carbocycles. The molecule has 2 heterocycles. The van der Waals surface area contributed by atoms with Crippen molar-refractivity contribution in [3.8, 4) is 0 Å². The molecule has 0 radical (unpaired) electrons. The lowest BCUT2D eigenvalue weighted by Crippen LogP contribution is -2.49. The van der Waals surface area contributed by atoms with Crippen LogP contribution in [-0.4, -0.2) is 87.2 Å². The van der Waals surface area contributed by atoms with Gasteiger partial charge in [-0.2, -0.15) is 0 Å². The molecule has 164 valence electrons. The molecule has 0 aliphatic carbocycles. The fraction of sp³-hybridized carbons (Fsp3) is 0.500. The average molecular weight is 424 g/mol. The Kier molecular flexibility index (Phi) is 6.77. The SMILES string of the molecule is COC(=O)NC[C@H]1CN(c2ccc(N3CCN(CC(N)=NO)CC3)c(F)c2)C(=O)O1. The zero-order valence-corrected chi connectivity index (χ0v) is 16.6. The molecule has 0 saturated carbocycles. The van der Waals surface area contributed by atoms with E-state index < -0.39 is 24.1 Å². The van der Waals surface area contributed by atoms with Crippen LogP contribution in [0.2, 0.25) is 0 Å². The summed E-state index contributed by atoms with van der Waals surface area (Å²) in [7, 11) is 1.24. The Balaban J connectivity index is 1.59. The fourth-order valence-electron chi connectivity index (χ4n) is 3.44. The van der Waals surface area contributed by atoms with Crippen LogP contribution in [0.4, 0.5) is 25.4 Å². The van der Waals surface area contributed by atoms with Crippen LogP contribution in [0.3, 0.4) is 0 Å². The molecule has 2 fully saturated rings. The van der Waals surface area contributed by atoms with Gasteiger partial charge in [-0.3, -0.25) is 9.80 Å². The molecule has 4 N–H and O–H groups in total. The molecule has 0 spiro atoms. The second kappa shape index (κ2) is 9.48. The average Bonchev–Trinajstić information content (AvgIpc) is 3.13. The van der Waals surface area contributed by atoms with Crippen LogP contribution in [-0.2, 0) is 9.47 Å². The van der Waals surface area contributed by atoms with Crippen molar-refractivity contribution >= 4 is 29.4 Å². The van der Waals surface area contributed by atoms with E-state index in [-0.39, 0.29) is 18.9 Å². The van der Waals surface area contributed by atoms with Crippen LogP contribution in [0.15, 0.2) is 23.4 Å². The second-order valence-corrected chi connectivity index (χ2v) is 6.98. The molecule has 0 aromatic heterocycles. The van der Waals surface area contributed by atoms with E-state index in [1.54, 1.807) is 12.1 Å². The third-order valence-electron chi connectivity index (χ3n) is 5.00. The number of halogens is 1. The van der Waals surface area contributed by atoms with E-state index in [9.17, 15) is 14.0 Å². The Bertz CT molecular complexity index is 814. The molecular weight excluding hydrogens is 399 g/mol. The van der Waals surface area contributed by atoms with Crippen molar-refractivity contribution in [2.75, 3.05) is 62.7 Å². The van der Waals surface area contributed by atoms with E-state index in [0.717, 1.165) is 0 Å². The highest BCUT2D eigenvalue weighted by Gasteiger charge is 2.33. The predicted octanol–water partition coefficient (Wildman–Crippen LogP) is 0.375. The van der Waals surface area contributed by atoms with Gasteiger partial charge in [0.15, 0.2) is 5.84 Å². The highest BCUT2D eigenvalue weighted by molar-refractivity contribution is 5.90. The van der Waals surface area contributed by atoms with E-state index in [4.69, 9.17) is 15.7 Å². The minimum absolute atomic E-state index is 0.102. The summed E-state index contributed by atoms with van der Waals surface area (Å²) in [5, 5.41) is 14.1. The Labute approximate surface area is 172 Å². The summed E-state index contributed by atoms with van der Waals surface area (Å²) in [5.41, 5.74) is 6.35. The summed E-state index contributed by atoms with van der Waals surface area (Å²) in [5.74, 6) is -0.308. The number of methoxy groups -OCH3 is 1. The third-order valence-corrected chi connectivity index (χ3v) is 5.00. The molecule has 2 aliphatic rings. The number of nitrogens with two attached hydrogens (primary N) is 1. The molecule has 1 aromatic rings. The number of alkyl carbamates (subject to hydrolysis) is 1. The van der Waals surface area contributed by atoms with Crippen molar-refractivity contribution in [2.45, 2.75) is 6.10 Å². The van der Waals surface area contributed by atoms with Gasteiger partial charge in [0.1, 0.15) is 11.9 Å². The number of hydrogen-bond acceptors (Lipinski definition) is 8. The normalized spacial score (nSPS) is 20.3. The molecule has 1 atom stereocenters. The summed E-state index contributed by atoms with van der Waals surface area (Å²) in [6.07, 6.45) is -1.77. The van der Waals surface area contributed by atoms with Crippen LogP contribution >= 0.6 is 0 Å². The smallest absolute Gasteiger partial charge is 0.414 e. The number of ether oxygens (including phenoxy) is 2. The molecule has 12 heteroatoms. The number of rotatable bonds is 6. The maximum Gasteiger partial charge on any atom is 0.414 e. The van der Waals surface area contributed by atoms with Crippen LogP contribution in [0, 0.1) is 5.82 Å². The molecule has 2 amide bonds. The molecule has 30 heavy (non-hydrogen) atoms. The van der Waals surface area contributed by atoms with Gasteiger partial charge >= 0.3 is 12.2 Å². The number of anilines is 2. The Morgan fingerprint density at radius 2 is 2.13 bits per heavy atom. The Morgan fingerprint density at radius 1 is 1.40 bits per heavy atom. The number of amides is 2. The maximum atomic E-state index is 14.8. The van der Waals surface area contributed by atoms with Crippen molar-refractivity contribution in [1.82, 2.24) is 10.2 Å². The van der Waals surface area contributed by atoms with Crippen LogP contribution in [0.5, 0.6) is 0 Å². The first-order valence-electron chi connectivity index (χ1n) is 9.44. The quantitative estimate of drug-likeness (QED) is 0.258. The number of hydrogen-bond donors (Lipinski definition) is 3. The zero-order valence-electron chi connectivity index (χ0n) is 16.6. The van der Waals surface area contributed by atoms with Gasteiger partial charge in [-0.05, 0) is 18.2 Å².